The third-order valence-corrected chi connectivity index (χ3v) is 5.97. The van der Waals surface area contributed by atoms with Crippen molar-refractivity contribution in [1.29, 1.82) is 0 Å². The summed E-state index contributed by atoms with van der Waals surface area (Å²) in [4.78, 5) is 39.8. The minimum atomic E-state index is -0.177. The summed E-state index contributed by atoms with van der Waals surface area (Å²) in [6, 6.07) is 3.51. The maximum absolute atomic E-state index is 12.5. The number of carbonyl (C=O) groups excluding carboxylic acids is 2. The van der Waals surface area contributed by atoms with E-state index in [1.54, 1.807) is 19.3 Å². The van der Waals surface area contributed by atoms with Crippen LogP contribution in [0, 0.1) is 0 Å². The van der Waals surface area contributed by atoms with Crippen LogP contribution in [0.5, 0.6) is 0 Å². The Balaban J connectivity index is 1.58. The van der Waals surface area contributed by atoms with Gasteiger partial charge in [0.15, 0.2) is 0 Å². The Labute approximate surface area is 190 Å². The van der Waals surface area contributed by atoms with Gasteiger partial charge in [0, 0.05) is 52.0 Å². The van der Waals surface area contributed by atoms with Crippen molar-refractivity contribution in [2.24, 2.45) is 4.99 Å². The Morgan fingerprint density at radius 3 is 2.62 bits per heavy atom. The molecule has 0 spiro atoms. The van der Waals surface area contributed by atoms with Crippen molar-refractivity contribution in [2.45, 2.75) is 32.4 Å². The highest BCUT2D eigenvalue weighted by Crippen LogP contribution is 2.16. The molecule has 2 amide bonds. The number of amides is 2. The van der Waals surface area contributed by atoms with E-state index in [1.807, 2.05) is 38.1 Å². The molecule has 2 N–H and O–H groups in total. The molecule has 0 radical (unpaired) electrons. The van der Waals surface area contributed by atoms with Crippen LogP contribution in [0.2, 0.25) is 0 Å². The van der Waals surface area contributed by atoms with Crippen LogP contribution < -0.4 is 15.5 Å². The summed E-state index contributed by atoms with van der Waals surface area (Å²) in [7, 11) is 3.54. The van der Waals surface area contributed by atoms with Crippen LogP contribution in [0.15, 0.2) is 35.0 Å². The van der Waals surface area contributed by atoms with E-state index in [4.69, 9.17) is 0 Å². The van der Waals surface area contributed by atoms with Gasteiger partial charge < -0.3 is 15.5 Å². The van der Waals surface area contributed by atoms with E-state index >= 15 is 0 Å². The van der Waals surface area contributed by atoms with Crippen molar-refractivity contribution >= 4 is 23.7 Å². The molecule has 3 rings (SSSR count). The van der Waals surface area contributed by atoms with Gasteiger partial charge in [-0.05, 0) is 38.1 Å². The van der Waals surface area contributed by atoms with Crippen molar-refractivity contribution in [1.82, 2.24) is 25.4 Å². The first-order chi connectivity index (χ1) is 15.4. The van der Waals surface area contributed by atoms with Crippen molar-refractivity contribution < 1.29 is 9.59 Å². The molecule has 0 aliphatic carbocycles. The molecule has 0 saturated carbocycles. The molecule has 32 heavy (non-hydrogen) atoms. The number of aromatic nitrogens is 1. The number of piperazine rings is 1. The molecule has 2 aliphatic rings. The number of anilines is 1. The fraction of sp³-hybridized carbons (Fsp3) is 0.565. The zero-order valence-corrected chi connectivity index (χ0v) is 19.5. The number of aliphatic imine (C=N–C) groups is 1. The second-order valence-electron chi connectivity index (χ2n) is 8.42. The molecule has 2 aliphatic heterocycles. The molecule has 9 heteroatoms. The average Bonchev–Trinajstić information content (AvgIpc) is 2.79. The first-order valence-corrected chi connectivity index (χ1v) is 11.3. The lowest BCUT2D eigenvalue weighted by Gasteiger charge is -2.36. The van der Waals surface area contributed by atoms with Crippen LogP contribution in [-0.4, -0.2) is 98.4 Å². The summed E-state index contributed by atoms with van der Waals surface area (Å²) in [5.41, 5.74) is 2.57. The predicted molar refractivity (Wildman–Crippen MR) is 127 cm³/mol. The second-order valence-corrected chi connectivity index (χ2v) is 8.42. The second kappa shape index (κ2) is 11.2. The Morgan fingerprint density at radius 1 is 1.25 bits per heavy atom. The van der Waals surface area contributed by atoms with E-state index in [0.29, 0.717) is 12.4 Å². The lowest BCUT2D eigenvalue weighted by Crippen LogP contribution is -2.48. The lowest BCUT2D eigenvalue weighted by molar-refractivity contribution is -0.126. The monoisotopic (exact) mass is 441 g/mol. The summed E-state index contributed by atoms with van der Waals surface area (Å²) >= 11 is 0. The molecule has 0 bridgehead atoms. The predicted octanol–water partition coefficient (Wildman–Crippen LogP) is 0.747. The van der Waals surface area contributed by atoms with Crippen LogP contribution in [0.25, 0.3) is 0 Å². The molecule has 0 aromatic carbocycles. The maximum atomic E-state index is 12.5. The number of nitrogens with one attached hydrogen (secondary N) is 2. The highest BCUT2D eigenvalue weighted by Gasteiger charge is 2.23. The molecule has 1 saturated heterocycles. The van der Waals surface area contributed by atoms with E-state index < -0.39 is 0 Å². The number of pyridine rings is 1. The summed E-state index contributed by atoms with van der Waals surface area (Å²) in [5.74, 6) is -0.122. The van der Waals surface area contributed by atoms with Gasteiger partial charge >= 0.3 is 0 Å². The van der Waals surface area contributed by atoms with Gasteiger partial charge in [0.2, 0.25) is 5.91 Å². The largest absolute Gasteiger partial charge is 0.368 e. The third kappa shape index (κ3) is 6.14. The normalized spacial score (nSPS) is 26.1. The number of nitrogens with zero attached hydrogens (tertiary/aromatic N) is 5. The van der Waals surface area contributed by atoms with Gasteiger partial charge in [0.1, 0.15) is 5.69 Å². The average molecular weight is 442 g/mol. The number of hydrogen-bond acceptors (Lipinski definition) is 7. The van der Waals surface area contributed by atoms with Gasteiger partial charge in [-0.3, -0.25) is 24.4 Å². The van der Waals surface area contributed by atoms with Gasteiger partial charge in [0.05, 0.1) is 24.6 Å². The zero-order valence-electron chi connectivity index (χ0n) is 19.5. The van der Waals surface area contributed by atoms with E-state index in [1.165, 1.54) is 0 Å². The van der Waals surface area contributed by atoms with Crippen LogP contribution in [-0.2, 0) is 4.79 Å². The molecular weight excluding hydrogens is 406 g/mol. The fourth-order valence-corrected chi connectivity index (χ4v) is 4.16. The Morgan fingerprint density at radius 2 is 2.00 bits per heavy atom. The number of carbonyl (C=O) groups is 2. The van der Waals surface area contributed by atoms with Crippen molar-refractivity contribution in [3.05, 3.63) is 35.7 Å². The summed E-state index contributed by atoms with van der Waals surface area (Å²) < 4.78 is 0. The topological polar surface area (TPSA) is 93.2 Å². The van der Waals surface area contributed by atoms with Gasteiger partial charge in [-0.25, -0.2) is 4.98 Å². The number of rotatable bonds is 5. The molecule has 2 atom stereocenters. The molecule has 9 nitrogen and oxygen atoms in total. The summed E-state index contributed by atoms with van der Waals surface area (Å²) in [6.45, 7) is 8.94. The van der Waals surface area contributed by atoms with Gasteiger partial charge in [0.25, 0.3) is 5.91 Å². The maximum Gasteiger partial charge on any atom is 0.269 e. The first kappa shape index (κ1) is 23.9. The minimum absolute atomic E-state index is 0.0456. The van der Waals surface area contributed by atoms with Crippen LogP contribution in [0.1, 0.15) is 30.8 Å². The fourth-order valence-electron chi connectivity index (χ4n) is 4.16. The van der Waals surface area contributed by atoms with E-state index in [-0.39, 0.29) is 23.9 Å². The van der Waals surface area contributed by atoms with Crippen LogP contribution in [0.3, 0.4) is 0 Å². The molecule has 3 heterocycles. The Hall–Kier alpha value is -2.78. The van der Waals surface area contributed by atoms with E-state index in [0.717, 1.165) is 50.4 Å². The van der Waals surface area contributed by atoms with Gasteiger partial charge in [-0.2, -0.15) is 0 Å². The Bertz CT molecular complexity index is 844. The molecular formula is C23H35N7O2. The molecule has 1 fully saturated rings. The third-order valence-electron chi connectivity index (χ3n) is 5.97. The van der Waals surface area contributed by atoms with Crippen LogP contribution >= 0.6 is 0 Å². The summed E-state index contributed by atoms with van der Waals surface area (Å²) in [5, 5.41) is 5.70. The van der Waals surface area contributed by atoms with Gasteiger partial charge in [-0.15, -0.1) is 0 Å². The van der Waals surface area contributed by atoms with Gasteiger partial charge in [-0.1, -0.05) is 13.0 Å². The number of likely N-dealkylation sites (N-methyl/N-ethyl adjacent to an activating group) is 1. The van der Waals surface area contributed by atoms with Crippen molar-refractivity contribution in [3.63, 3.8) is 0 Å². The van der Waals surface area contributed by atoms with Crippen molar-refractivity contribution in [3.8, 4) is 0 Å². The van der Waals surface area contributed by atoms with E-state index in [9.17, 15) is 9.59 Å². The lowest BCUT2D eigenvalue weighted by atomic mass is 10.1. The SMILES string of the molecule is CCC1C(=O)NC(C)/C=C(CN2CCN(c3ccc(C(=O)NC)nc3)CC2)\C=N/CN1C. The quantitative estimate of drug-likeness (QED) is 0.700. The molecule has 174 valence electrons. The standard InChI is InChI=1S/C23H35N7O2/c1-5-21-23(32)27-17(2)12-18(13-25-16-28(21)4)15-29-8-10-30(11-9-29)19-6-7-20(26-14-19)22(31)24-3/h6-7,12-14,17,21H,5,8-11,15-16H2,1-4H3,(H,24,31)(H,27,32)/b18-12+,25-13-. The smallest absolute Gasteiger partial charge is 0.269 e. The Kier molecular flexibility index (Phi) is 8.35. The van der Waals surface area contributed by atoms with Crippen molar-refractivity contribution in [2.75, 3.05) is 58.4 Å². The van der Waals surface area contributed by atoms with E-state index in [2.05, 4.69) is 36.5 Å². The highest BCUT2D eigenvalue weighted by atomic mass is 16.2. The summed E-state index contributed by atoms with van der Waals surface area (Å²) in [6.07, 6.45) is 6.58. The zero-order chi connectivity index (χ0) is 23.1. The first-order valence-electron chi connectivity index (χ1n) is 11.3. The molecule has 1 aromatic rings. The molecule has 2 unspecified atom stereocenters. The van der Waals surface area contributed by atoms with Crippen LogP contribution in [0.4, 0.5) is 5.69 Å². The number of hydrogen-bond donors (Lipinski definition) is 2. The minimum Gasteiger partial charge on any atom is -0.368 e. The highest BCUT2D eigenvalue weighted by molar-refractivity contribution is 5.92. The molecule has 1 aromatic heterocycles.